The van der Waals surface area contributed by atoms with Crippen LogP contribution in [0.1, 0.15) is 20.7 Å². The van der Waals surface area contributed by atoms with Crippen molar-refractivity contribution in [3.63, 3.8) is 0 Å². The molecule has 2 heterocycles. The second-order valence-corrected chi connectivity index (χ2v) is 7.75. The maximum absolute atomic E-state index is 12.7. The van der Waals surface area contributed by atoms with Crippen molar-refractivity contribution in [1.29, 1.82) is 0 Å². The predicted octanol–water partition coefficient (Wildman–Crippen LogP) is 0.265. The number of rotatable bonds is 3. The van der Waals surface area contributed by atoms with Crippen molar-refractivity contribution < 1.29 is 22.8 Å². The first-order valence-corrected chi connectivity index (χ1v) is 9.31. The summed E-state index contributed by atoms with van der Waals surface area (Å²) in [5.41, 5.74) is 0.215. The van der Waals surface area contributed by atoms with Gasteiger partial charge in [0.1, 0.15) is 5.82 Å². The zero-order chi connectivity index (χ0) is 19.8. The highest BCUT2D eigenvalue weighted by atomic mass is 32.2. The third-order valence-corrected chi connectivity index (χ3v) is 6.05. The largest absolute Gasteiger partial charge is 0.355 e. The standard InChI is InChI=1S/C17H16N4O5S/c1-18-16(23)10-7-8-19-13(9-10)20-17(24)14-15(22)11-5-3-4-6-12(11)27(25,26)21(14)2/h3-9,14H,1-2H3,(H,18,23)(H,19,20,24). The third kappa shape index (κ3) is 3.20. The Bertz CT molecular complexity index is 1050. The summed E-state index contributed by atoms with van der Waals surface area (Å²) in [6, 6.07) is 6.93. The number of likely N-dealkylation sites (N-methyl/N-ethyl adjacent to an activating group) is 1. The number of nitrogens with one attached hydrogen (secondary N) is 2. The molecule has 1 aliphatic rings. The van der Waals surface area contributed by atoms with Gasteiger partial charge in [0.2, 0.25) is 10.0 Å². The number of hydrogen-bond acceptors (Lipinski definition) is 6. The number of amides is 2. The molecule has 1 atom stereocenters. The molecular formula is C17H16N4O5S. The Morgan fingerprint density at radius 1 is 1.19 bits per heavy atom. The summed E-state index contributed by atoms with van der Waals surface area (Å²) in [6.07, 6.45) is 1.32. The van der Waals surface area contributed by atoms with E-state index in [-0.39, 0.29) is 27.7 Å². The highest BCUT2D eigenvalue weighted by molar-refractivity contribution is 7.89. The lowest BCUT2D eigenvalue weighted by Crippen LogP contribution is -2.53. The van der Waals surface area contributed by atoms with Gasteiger partial charge >= 0.3 is 0 Å². The molecule has 1 aromatic carbocycles. The van der Waals surface area contributed by atoms with Crippen molar-refractivity contribution in [2.45, 2.75) is 10.9 Å². The number of benzene rings is 1. The van der Waals surface area contributed by atoms with Crippen LogP contribution in [0.5, 0.6) is 0 Å². The van der Waals surface area contributed by atoms with Crippen molar-refractivity contribution in [1.82, 2.24) is 14.6 Å². The summed E-state index contributed by atoms with van der Waals surface area (Å²) in [5, 5.41) is 4.84. The van der Waals surface area contributed by atoms with Crippen molar-refractivity contribution in [3.05, 3.63) is 53.7 Å². The van der Waals surface area contributed by atoms with Crippen LogP contribution in [0, 0.1) is 0 Å². The van der Waals surface area contributed by atoms with Gasteiger partial charge in [0.05, 0.1) is 4.90 Å². The predicted molar refractivity (Wildman–Crippen MR) is 95.8 cm³/mol. The van der Waals surface area contributed by atoms with Crippen LogP contribution < -0.4 is 10.6 Å². The van der Waals surface area contributed by atoms with Gasteiger partial charge < -0.3 is 10.6 Å². The number of aromatic nitrogens is 1. The van der Waals surface area contributed by atoms with E-state index >= 15 is 0 Å². The molecule has 2 N–H and O–H groups in total. The van der Waals surface area contributed by atoms with E-state index in [4.69, 9.17) is 0 Å². The molecule has 1 unspecified atom stereocenters. The van der Waals surface area contributed by atoms with Gasteiger partial charge in [-0.3, -0.25) is 14.4 Å². The minimum atomic E-state index is -4.00. The van der Waals surface area contributed by atoms with Crippen molar-refractivity contribution >= 4 is 33.4 Å². The average Bonchev–Trinajstić information content (AvgIpc) is 2.66. The number of pyridine rings is 1. The van der Waals surface area contributed by atoms with Crippen LogP contribution in [-0.4, -0.2) is 55.4 Å². The SMILES string of the molecule is CNC(=O)c1ccnc(NC(=O)C2C(=O)c3ccccc3S(=O)(=O)N2C)c1. The van der Waals surface area contributed by atoms with E-state index in [1.165, 1.54) is 56.7 Å². The number of hydrogen-bond donors (Lipinski definition) is 2. The Balaban J connectivity index is 1.94. The molecule has 10 heteroatoms. The molecule has 2 aromatic rings. The maximum atomic E-state index is 12.7. The van der Waals surface area contributed by atoms with E-state index in [1.54, 1.807) is 0 Å². The molecule has 2 amide bonds. The Kier molecular flexibility index (Phi) is 4.77. The molecule has 27 heavy (non-hydrogen) atoms. The molecule has 0 radical (unpaired) electrons. The fourth-order valence-electron chi connectivity index (χ4n) is 2.76. The summed E-state index contributed by atoms with van der Waals surface area (Å²) in [5.74, 6) is -1.85. The Morgan fingerprint density at radius 2 is 1.89 bits per heavy atom. The van der Waals surface area contributed by atoms with Crippen LogP contribution in [0.25, 0.3) is 0 Å². The molecule has 0 fully saturated rings. The summed E-state index contributed by atoms with van der Waals surface area (Å²) in [6.45, 7) is 0. The highest BCUT2D eigenvalue weighted by Gasteiger charge is 2.45. The highest BCUT2D eigenvalue weighted by Crippen LogP contribution is 2.29. The van der Waals surface area contributed by atoms with Crippen molar-refractivity contribution in [2.75, 3.05) is 19.4 Å². The van der Waals surface area contributed by atoms with Crippen LogP contribution in [0.15, 0.2) is 47.5 Å². The van der Waals surface area contributed by atoms with Crippen LogP contribution in [0.2, 0.25) is 0 Å². The fraction of sp³-hybridized carbons (Fsp3) is 0.176. The number of sulfonamides is 1. The Morgan fingerprint density at radius 3 is 2.59 bits per heavy atom. The van der Waals surface area contributed by atoms with E-state index in [0.717, 1.165) is 4.31 Å². The first-order valence-electron chi connectivity index (χ1n) is 7.87. The number of anilines is 1. The van der Waals surface area contributed by atoms with Crippen LogP contribution in [0.3, 0.4) is 0 Å². The maximum Gasteiger partial charge on any atom is 0.251 e. The van der Waals surface area contributed by atoms with Gasteiger partial charge in [-0.25, -0.2) is 13.4 Å². The van der Waals surface area contributed by atoms with Gasteiger partial charge in [0.15, 0.2) is 11.8 Å². The molecule has 1 aromatic heterocycles. The van der Waals surface area contributed by atoms with E-state index in [1.807, 2.05) is 0 Å². The van der Waals surface area contributed by atoms with Gasteiger partial charge in [0.25, 0.3) is 11.8 Å². The van der Waals surface area contributed by atoms with Crippen molar-refractivity contribution in [3.8, 4) is 0 Å². The number of carbonyl (C=O) groups is 3. The van der Waals surface area contributed by atoms with Gasteiger partial charge in [-0.2, -0.15) is 4.31 Å². The first-order chi connectivity index (χ1) is 12.8. The van der Waals surface area contributed by atoms with Crippen LogP contribution >= 0.6 is 0 Å². The Labute approximate surface area is 155 Å². The lowest BCUT2D eigenvalue weighted by Gasteiger charge is -2.30. The third-order valence-electron chi connectivity index (χ3n) is 4.17. The summed E-state index contributed by atoms with van der Waals surface area (Å²) < 4.78 is 26.0. The molecule has 0 spiro atoms. The molecule has 9 nitrogen and oxygen atoms in total. The van der Waals surface area contributed by atoms with E-state index in [9.17, 15) is 22.8 Å². The molecule has 0 saturated carbocycles. The molecule has 140 valence electrons. The smallest absolute Gasteiger partial charge is 0.251 e. The number of carbonyl (C=O) groups excluding carboxylic acids is 3. The van der Waals surface area contributed by atoms with Crippen LogP contribution in [0.4, 0.5) is 5.82 Å². The normalized spacial score (nSPS) is 18.4. The monoisotopic (exact) mass is 388 g/mol. The number of Topliss-reactive ketones (excluding diaryl/α,β-unsaturated/α-hetero) is 1. The molecule has 0 aliphatic carbocycles. The molecular weight excluding hydrogens is 372 g/mol. The second kappa shape index (κ2) is 6.89. The Hall–Kier alpha value is -3.11. The summed E-state index contributed by atoms with van der Waals surface area (Å²) >= 11 is 0. The van der Waals surface area contributed by atoms with Gasteiger partial charge in [-0.1, -0.05) is 12.1 Å². The fourth-order valence-corrected chi connectivity index (χ4v) is 4.24. The number of nitrogens with zero attached hydrogens (tertiary/aromatic N) is 2. The quantitative estimate of drug-likeness (QED) is 0.727. The van der Waals surface area contributed by atoms with Gasteiger partial charge in [-0.15, -0.1) is 0 Å². The zero-order valence-corrected chi connectivity index (χ0v) is 15.3. The number of ketones is 1. The molecule has 0 saturated heterocycles. The lowest BCUT2D eigenvalue weighted by atomic mass is 10.0. The summed E-state index contributed by atoms with van der Waals surface area (Å²) in [7, 11) is -1.37. The van der Waals surface area contributed by atoms with Crippen molar-refractivity contribution in [2.24, 2.45) is 0 Å². The zero-order valence-electron chi connectivity index (χ0n) is 14.5. The van der Waals surface area contributed by atoms with E-state index in [2.05, 4.69) is 15.6 Å². The first kappa shape index (κ1) is 18.7. The van der Waals surface area contributed by atoms with Crippen LogP contribution in [-0.2, 0) is 14.8 Å². The minimum absolute atomic E-state index is 0.0264. The molecule has 1 aliphatic heterocycles. The minimum Gasteiger partial charge on any atom is -0.355 e. The number of fused-ring (bicyclic) bond motifs is 1. The topological polar surface area (TPSA) is 126 Å². The average molecular weight is 388 g/mol. The van der Waals surface area contributed by atoms with Gasteiger partial charge in [-0.05, 0) is 24.3 Å². The van der Waals surface area contributed by atoms with E-state index in [0.29, 0.717) is 0 Å². The van der Waals surface area contributed by atoms with E-state index < -0.39 is 27.8 Å². The lowest BCUT2D eigenvalue weighted by molar-refractivity contribution is -0.118. The van der Waals surface area contributed by atoms with Gasteiger partial charge in [0, 0.05) is 31.4 Å². The second-order valence-electron chi connectivity index (χ2n) is 5.78. The summed E-state index contributed by atoms with van der Waals surface area (Å²) in [4.78, 5) is 40.9. The molecule has 0 bridgehead atoms. The molecule has 3 rings (SSSR count).